The normalized spacial score (nSPS) is 13.3. The van der Waals surface area contributed by atoms with Gasteiger partial charge in [0.05, 0.1) is 18.6 Å². The second-order valence-electron chi connectivity index (χ2n) is 8.69. The van der Waals surface area contributed by atoms with Gasteiger partial charge in [0, 0.05) is 25.0 Å². The molecule has 4 rings (SSSR count). The number of carbonyl (C=O) groups excluding carboxylic acids is 1. The van der Waals surface area contributed by atoms with Crippen LogP contribution in [0.1, 0.15) is 49.3 Å². The van der Waals surface area contributed by atoms with Crippen molar-refractivity contribution in [3.63, 3.8) is 0 Å². The molecular formula is C26H31N3O4. The molecule has 0 unspecified atom stereocenters. The first kappa shape index (κ1) is 22.8. The molecule has 0 aliphatic carbocycles. The van der Waals surface area contributed by atoms with Gasteiger partial charge in [0.15, 0.2) is 17.2 Å². The van der Waals surface area contributed by atoms with E-state index in [1.807, 2.05) is 52.0 Å². The molecule has 0 radical (unpaired) electrons. The zero-order chi connectivity index (χ0) is 23.5. The van der Waals surface area contributed by atoms with Gasteiger partial charge in [-0.05, 0) is 55.5 Å². The van der Waals surface area contributed by atoms with E-state index >= 15 is 0 Å². The Morgan fingerprint density at radius 3 is 2.30 bits per heavy atom. The van der Waals surface area contributed by atoms with E-state index in [0.29, 0.717) is 55.1 Å². The Morgan fingerprint density at radius 2 is 1.67 bits per heavy atom. The standard InChI is InChI=1S/C26H31N3O4/c1-5-32-22-13-18-11-12-28(16-19(18)14-23(22)33-6-2)26(31)24-20-9-7-8-10-21(20)25(30)29(27-24)15-17(3)4/h7-10,13-14,17H,5-6,11-12,15-16H2,1-4H3. The lowest BCUT2D eigenvalue weighted by atomic mass is 9.98. The minimum absolute atomic E-state index is 0.162. The predicted octanol–water partition coefficient (Wildman–Crippen LogP) is 4.05. The monoisotopic (exact) mass is 449 g/mol. The highest BCUT2D eigenvalue weighted by atomic mass is 16.5. The first-order valence-electron chi connectivity index (χ1n) is 11.6. The number of ether oxygens (including phenoxy) is 2. The molecule has 0 N–H and O–H groups in total. The van der Waals surface area contributed by atoms with E-state index in [-0.39, 0.29) is 17.4 Å². The highest BCUT2D eigenvalue weighted by Gasteiger charge is 2.27. The smallest absolute Gasteiger partial charge is 0.275 e. The third-order valence-corrected chi connectivity index (χ3v) is 5.77. The number of nitrogens with zero attached hydrogens (tertiary/aromatic N) is 3. The van der Waals surface area contributed by atoms with Crippen LogP contribution in [0.2, 0.25) is 0 Å². The number of rotatable bonds is 7. The first-order chi connectivity index (χ1) is 15.9. The molecule has 1 aliphatic heterocycles. The second kappa shape index (κ2) is 9.65. The summed E-state index contributed by atoms with van der Waals surface area (Å²) in [5.74, 6) is 1.51. The number of hydrogen-bond acceptors (Lipinski definition) is 5. The van der Waals surface area contributed by atoms with E-state index in [2.05, 4.69) is 5.10 Å². The van der Waals surface area contributed by atoms with Gasteiger partial charge < -0.3 is 14.4 Å². The quantitative estimate of drug-likeness (QED) is 0.544. The maximum absolute atomic E-state index is 13.6. The maximum Gasteiger partial charge on any atom is 0.275 e. The van der Waals surface area contributed by atoms with Gasteiger partial charge in [-0.3, -0.25) is 9.59 Å². The van der Waals surface area contributed by atoms with Crippen LogP contribution in [0.15, 0.2) is 41.2 Å². The van der Waals surface area contributed by atoms with Gasteiger partial charge in [-0.2, -0.15) is 5.10 Å². The van der Waals surface area contributed by atoms with Crippen molar-refractivity contribution < 1.29 is 14.3 Å². The summed E-state index contributed by atoms with van der Waals surface area (Å²) in [6.07, 6.45) is 0.719. The van der Waals surface area contributed by atoms with Gasteiger partial charge in [-0.25, -0.2) is 4.68 Å². The number of benzene rings is 2. The van der Waals surface area contributed by atoms with Gasteiger partial charge in [0.1, 0.15) is 0 Å². The molecule has 0 saturated carbocycles. The van der Waals surface area contributed by atoms with Crippen LogP contribution >= 0.6 is 0 Å². The van der Waals surface area contributed by atoms with Crippen LogP contribution < -0.4 is 15.0 Å². The Balaban J connectivity index is 1.71. The summed E-state index contributed by atoms with van der Waals surface area (Å²) in [6, 6.07) is 11.2. The van der Waals surface area contributed by atoms with E-state index < -0.39 is 0 Å². The number of aromatic nitrogens is 2. The molecule has 0 bridgehead atoms. The van der Waals surface area contributed by atoms with Crippen LogP contribution in [0, 0.1) is 5.92 Å². The molecule has 0 saturated heterocycles. The molecule has 7 heteroatoms. The van der Waals surface area contributed by atoms with Crippen molar-refractivity contribution in [1.29, 1.82) is 0 Å². The van der Waals surface area contributed by atoms with Gasteiger partial charge >= 0.3 is 0 Å². The third kappa shape index (κ3) is 4.58. The summed E-state index contributed by atoms with van der Waals surface area (Å²) in [5.41, 5.74) is 2.37. The molecule has 2 aromatic carbocycles. The summed E-state index contributed by atoms with van der Waals surface area (Å²) in [4.78, 5) is 28.4. The van der Waals surface area contributed by atoms with Gasteiger partial charge in [-0.15, -0.1) is 0 Å². The molecule has 0 fully saturated rings. The summed E-state index contributed by atoms with van der Waals surface area (Å²) >= 11 is 0. The molecule has 1 aromatic heterocycles. The van der Waals surface area contributed by atoms with Crippen LogP contribution in [-0.2, 0) is 19.5 Å². The minimum Gasteiger partial charge on any atom is -0.490 e. The van der Waals surface area contributed by atoms with Crippen LogP contribution in [0.3, 0.4) is 0 Å². The fourth-order valence-electron chi connectivity index (χ4n) is 4.29. The molecule has 2 heterocycles. The molecule has 174 valence electrons. The lowest BCUT2D eigenvalue weighted by Crippen LogP contribution is -2.38. The van der Waals surface area contributed by atoms with Gasteiger partial charge in [0.2, 0.25) is 0 Å². The van der Waals surface area contributed by atoms with Gasteiger partial charge in [-0.1, -0.05) is 32.0 Å². The van der Waals surface area contributed by atoms with Crippen LogP contribution in [0.4, 0.5) is 0 Å². The van der Waals surface area contributed by atoms with Crippen molar-refractivity contribution in [2.24, 2.45) is 5.92 Å². The Morgan fingerprint density at radius 1 is 1.03 bits per heavy atom. The zero-order valence-electron chi connectivity index (χ0n) is 19.8. The van der Waals surface area contributed by atoms with Crippen LogP contribution in [0.5, 0.6) is 11.5 Å². The maximum atomic E-state index is 13.6. The Labute approximate surface area is 193 Å². The average molecular weight is 450 g/mol. The largest absolute Gasteiger partial charge is 0.490 e. The molecule has 7 nitrogen and oxygen atoms in total. The van der Waals surface area contributed by atoms with E-state index in [4.69, 9.17) is 9.47 Å². The van der Waals surface area contributed by atoms with E-state index in [1.54, 1.807) is 17.0 Å². The van der Waals surface area contributed by atoms with E-state index in [9.17, 15) is 9.59 Å². The molecule has 1 amide bonds. The zero-order valence-corrected chi connectivity index (χ0v) is 19.8. The lowest BCUT2D eigenvalue weighted by molar-refractivity contribution is 0.0727. The average Bonchev–Trinajstić information content (AvgIpc) is 2.80. The first-order valence-corrected chi connectivity index (χ1v) is 11.6. The number of fused-ring (bicyclic) bond motifs is 2. The number of amides is 1. The Hall–Kier alpha value is -3.35. The predicted molar refractivity (Wildman–Crippen MR) is 128 cm³/mol. The lowest BCUT2D eigenvalue weighted by Gasteiger charge is -2.30. The fraction of sp³-hybridized carbons (Fsp3) is 0.423. The molecule has 33 heavy (non-hydrogen) atoms. The SMILES string of the molecule is CCOc1cc2c(cc1OCC)CN(C(=O)c1nn(CC(C)C)c(=O)c3ccccc13)CC2. The van der Waals surface area contributed by atoms with Crippen molar-refractivity contribution in [3.05, 3.63) is 63.6 Å². The molecule has 1 aliphatic rings. The van der Waals surface area contributed by atoms with E-state index in [0.717, 1.165) is 23.3 Å². The molecule has 0 spiro atoms. The van der Waals surface area contributed by atoms with Gasteiger partial charge in [0.25, 0.3) is 11.5 Å². The van der Waals surface area contributed by atoms with Crippen molar-refractivity contribution in [2.75, 3.05) is 19.8 Å². The van der Waals surface area contributed by atoms with E-state index in [1.165, 1.54) is 4.68 Å². The highest BCUT2D eigenvalue weighted by Crippen LogP contribution is 2.34. The van der Waals surface area contributed by atoms with Crippen molar-refractivity contribution in [2.45, 2.75) is 47.2 Å². The van der Waals surface area contributed by atoms with Crippen molar-refractivity contribution >= 4 is 16.7 Å². The summed E-state index contributed by atoms with van der Waals surface area (Å²) in [5, 5.41) is 5.64. The fourth-order valence-corrected chi connectivity index (χ4v) is 4.29. The van der Waals surface area contributed by atoms with Crippen molar-refractivity contribution in [3.8, 4) is 11.5 Å². The molecule has 3 aromatic rings. The molecule has 0 atom stereocenters. The van der Waals surface area contributed by atoms with Crippen LogP contribution in [0.25, 0.3) is 10.8 Å². The number of hydrogen-bond donors (Lipinski definition) is 0. The molecular weight excluding hydrogens is 418 g/mol. The summed E-state index contributed by atoms with van der Waals surface area (Å²) in [6.45, 7) is 10.5. The number of carbonyl (C=O) groups is 1. The topological polar surface area (TPSA) is 73.7 Å². The van der Waals surface area contributed by atoms with Crippen LogP contribution in [-0.4, -0.2) is 40.3 Å². The Kier molecular flexibility index (Phi) is 6.67. The minimum atomic E-state index is -0.166. The summed E-state index contributed by atoms with van der Waals surface area (Å²) in [7, 11) is 0. The second-order valence-corrected chi connectivity index (χ2v) is 8.69. The highest BCUT2D eigenvalue weighted by molar-refractivity contribution is 6.04. The summed E-state index contributed by atoms with van der Waals surface area (Å²) < 4.78 is 13.0. The third-order valence-electron chi connectivity index (χ3n) is 5.77. The Bertz CT molecular complexity index is 1230. The van der Waals surface area contributed by atoms with Crippen molar-refractivity contribution in [1.82, 2.24) is 14.7 Å².